The Morgan fingerprint density at radius 3 is 2.35 bits per heavy atom. The second-order valence-electron chi connectivity index (χ2n) is 3.95. The van der Waals surface area contributed by atoms with Gasteiger partial charge in [0.2, 0.25) is 5.91 Å². The molecule has 0 bridgehead atoms. The van der Waals surface area contributed by atoms with Crippen LogP contribution in [0.3, 0.4) is 0 Å². The smallest absolute Gasteiger partial charge is 0.326 e. The number of carbonyl (C=O) groups is 2. The fourth-order valence-electron chi connectivity index (χ4n) is 1.24. The van der Waals surface area contributed by atoms with Crippen LogP contribution in [0.15, 0.2) is 0 Å². The van der Waals surface area contributed by atoms with E-state index in [1.807, 2.05) is 0 Å². The van der Waals surface area contributed by atoms with Crippen molar-refractivity contribution in [2.24, 2.45) is 11.5 Å². The molecule has 0 aromatic heterocycles. The number of hydrogen-bond donors (Lipinski definition) is 5. The first-order valence-electron chi connectivity index (χ1n) is 5.57. The van der Waals surface area contributed by atoms with E-state index >= 15 is 0 Å². The molecule has 0 aliphatic carbocycles. The van der Waals surface area contributed by atoms with Crippen molar-refractivity contribution in [3.63, 3.8) is 0 Å². The van der Waals surface area contributed by atoms with E-state index in [4.69, 9.17) is 21.7 Å². The van der Waals surface area contributed by atoms with Crippen molar-refractivity contribution in [3.05, 3.63) is 0 Å². The normalized spacial score (nSPS) is 16.0. The van der Waals surface area contributed by atoms with Gasteiger partial charge in [-0.2, -0.15) is 0 Å². The van der Waals surface area contributed by atoms with Gasteiger partial charge in [0, 0.05) is 0 Å². The summed E-state index contributed by atoms with van der Waals surface area (Å²) in [5, 5.41) is 20.3. The number of aliphatic hydroxyl groups is 1. The van der Waals surface area contributed by atoms with Gasteiger partial charge >= 0.3 is 5.97 Å². The zero-order valence-corrected chi connectivity index (χ0v) is 9.93. The predicted octanol–water partition coefficient (Wildman–Crippen LogP) is -1.61. The molecular formula is C10H21N3O4. The van der Waals surface area contributed by atoms with E-state index in [0.29, 0.717) is 25.8 Å². The first-order valence-corrected chi connectivity index (χ1v) is 5.57. The van der Waals surface area contributed by atoms with Gasteiger partial charge in [-0.25, -0.2) is 4.79 Å². The van der Waals surface area contributed by atoms with E-state index in [1.54, 1.807) is 0 Å². The van der Waals surface area contributed by atoms with Crippen LogP contribution >= 0.6 is 0 Å². The van der Waals surface area contributed by atoms with Gasteiger partial charge in [0.15, 0.2) is 0 Å². The molecule has 0 aliphatic rings. The maximum Gasteiger partial charge on any atom is 0.326 e. The summed E-state index contributed by atoms with van der Waals surface area (Å²) in [6, 6.07) is -2.11. The standard InChI is InChI=1S/C10H21N3O4/c1-6(14)8(12)9(15)13-7(10(16)17)4-2-3-5-11/h6-8,14H,2-5,11-12H2,1H3,(H,13,15)(H,16,17)/t6-,7+,8+/m1/s1. The highest BCUT2D eigenvalue weighted by atomic mass is 16.4. The summed E-state index contributed by atoms with van der Waals surface area (Å²) in [5.41, 5.74) is 10.7. The number of nitrogens with two attached hydrogens (primary N) is 2. The Morgan fingerprint density at radius 1 is 1.35 bits per heavy atom. The monoisotopic (exact) mass is 247 g/mol. The molecule has 7 nitrogen and oxygen atoms in total. The number of unbranched alkanes of at least 4 members (excludes halogenated alkanes) is 1. The average Bonchev–Trinajstić information content (AvgIpc) is 2.26. The van der Waals surface area contributed by atoms with E-state index in [2.05, 4.69) is 5.32 Å². The Hall–Kier alpha value is -1.18. The molecule has 0 unspecified atom stereocenters. The van der Waals surface area contributed by atoms with E-state index in [1.165, 1.54) is 6.92 Å². The summed E-state index contributed by atoms with van der Waals surface area (Å²) in [7, 11) is 0. The Balaban J connectivity index is 4.25. The molecule has 0 heterocycles. The maximum atomic E-state index is 11.4. The minimum Gasteiger partial charge on any atom is -0.480 e. The summed E-state index contributed by atoms with van der Waals surface area (Å²) >= 11 is 0. The lowest BCUT2D eigenvalue weighted by Crippen LogP contribution is -2.52. The van der Waals surface area contributed by atoms with Gasteiger partial charge in [0.05, 0.1) is 6.10 Å². The fraction of sp³-hybridized carbons (Fsp3) is 0.800. The van der Waals surface area contributed by atoms with Crippen molar-refractivity contribution in [1.82, 2.24) is 5.32 Å². The number of aliphatic carboxylic acids is 1. The van der Waals surface area contributed by atoms with E-state index < -0.39 is 30.1 Å². The number of rotatable bonds is 8. The second kappa shape index (κ2) is 7.99. The molecule has 0 aromatic rings. The van der Waals surface area contributed by atoms with Crippen molar-refractivity contribution in [2.75, 3.05) is 6.54 Å². The number of carbonyl (C=O) groups excluding carboxylic acids is 1. The zero-order valence-electron chi connectivity index (χ0n) is 9.93. The van der Waals surface area contributed by atoms with Crippen LogP contribution in [0.4, 0.5) is 0 Å². The molecule has 0 saturated carbocycles. The molecule has 17 heavy (non-hydrogen) atoms. The number of nitrogens with one attached hydrogen (secondary N) is 1. The third-order valence-corrected chi connectivity index (χ3v) is 2.38. The molecule has 1 amide bonds. The molecule has 0 radical (unpaired) electrons. The molecule has 7 N–H and O–H groups in total. The molecule has 7 heteroatoms. The van der Waals surface area contributed by atoms with Crippen LogP contribution in [0.5, 0.6) is 0 Å². The summed E-state index contributed by atoms with van der Waals surface area (Å²) in [6.07, 6.45) is 0.582. The molecule has 0 fully saturated rings. The minimum absolute atomic E-state index is 0.296. The third-order valence-electron chi connectivity index (χ3n) is 2.38. The van der Waals surface area contributed by atoms with E-state index in [-0.39, 0.29) is 0 Å². The largest absolute Gasteiger partial charge is 0.480 e. The van der Waals surface area contributed by atoms with Crippen LogP contribution in [-0.4, -0.2) is 46.8 Å². The maximum absolute atomic E-state index is 11.4. The highest BCUT2D eigenvalue weighted by molar-refractivity contribution is 5.87. The van der Waals surface area contributed by atoms with E-state index in [9.17, 15) is 9.59 Å². The summed E-state index contributed by atoms with van der Waals surface area (Å²) in [6.45, 7) is 1.85. The Bertz CT molecular complexity index is 258. The highest BCUT2D eigenvalue weighted by Gasteiger charge is 2.25. The van der Waals surface area contributed by atoms with Crippen molar-refractivity contribution >= 4 is 11.9 Å². The Kier molecular flexibility index (Phi) is 7.44. The van der Waals surface area contributed by atoms with Crippen LogP contribution in [-0.2, 0) is 9.59 Å². The van der Waals surface area contributed by atoms with Crippen molar-refractivity contribution < 1.29 is 19.8 Å². The van der Waals surface area contributed by atoms with Gasteiger partial charge in [-0.15, -0.1) is 0 Å². The lowest BCUT2D eigenvalue weighted by molar-refractivity contribution is -0.142. The van der Waals surface area contributed by atoms with Gasteiger partial charge < -0.3 is 27.0 Å². The van der Waals surface area contributed by atoms with Crippen LogP contribution in [0.1, 0.15) is 26.2 Å². The lowest BCUT2D eigenvalue weighted by Gasteiger charge is -2.19. The number of amides is 1. The van der Waals surface area contributed by atoms with E-state index in [0.717, 1.165) is 0 Å². The molecular weight excluding hydrogens is 226 g/mol. The molecule has 100 valence electrons. The Labute approximate surface area is 100 Å². The van der Waals surface area contributed by atoms with Gasteiger partial charge in [-0.3, -0.25) is 4.79 Å². The van der Waals surface area contributed by atoms with Crippen LogP contribution in [0, 0.1) is 0 Å². The predicted molar refractivity (Wildman–Crippen MR) is 62.1 cm³/mol. The number of hydrogen-bond acceptors (Lipinski definition) is 5. The molecule has 0 spiro atoms. The molecule has 0 rings (SSSR count). The minimum atomic E-state index is -1.12. The van der Waals surface area contributed by atoms with Crippen molar-refractivity contribution in [1.29, 1.82) is 0 Å². The van der Waals surface area contributed by atoms with Crippen molar-refractivity contribution in [2.45, 2.75) is 44.4 Å². The first kappa shape index (κ1) is 15.8. The van der Waals surface area contributed by atoms with Gasteiger partial charge in [-0.05, 0) is 32.7 Å². The topological polar surface area (TPSA) is 139 Å². The third kappa shape index (κ3) is 6.20. The zero-order chi connectivity index (χ0) is 13.4. The van der Waals surface area contributed by atoms with Gasteiger partial charge in [-0.1, -0.05) is 0 Å². The van der Waals surface area contributed by atoms with Gasteiger partial charge in [0.1, 0.15) is 12.1 Å². The number of aliphatic hydroxyl groups excluding tert-OH is 1. The van der Waals surface area contributed by atoms with Crippen LogP contribution < -0.4 is 16.8 Å². The first-order chi connectivity index (χ1) is 7.90. The molecule has 0 aliphatic heterocycles. The van der Waals surface area contributed by atoms with Gasteiger partial charge in [0.25, 0.3) is 0 Å². The van der Waals surface area contributed by atoms with Crippen LogP contribution in [0.25, 0.3) is 0 Å². The Morgan fingerprint density at radius 2 is 1.94 bits per heavy atom. The van der Waals surface area contributed by atoms with Crippen LogP contribution in [0.2, 0.25) is 0 Å². The summed E-state index contributed by atoms with van der Waals surface area (Å²) < 4.78 is 0. The van der Waals surface area contributed by atoms with Crippen molar-refractivity contribution in [3.8, 4) is 0 Å². The molecule has 3 atom stereocenters. The summed E-state index contributed by atoms with van der Waals surface area (Å²) in [5.74, 6) is -1.78. The quantitative estimate of drug-likeness (QED) is 0.327. The molecule has 0 aromatic carbocycles. The highest BCUT2D eigenvalue weighted by Crippen LogP contribution is 2.01. The fourth-order valence-corrected chi connectivity index (χ4v) is 1.24. The average molecular weight is 247 g/mol. The lowest BCUT2D eigenvalue weighted by atomic mass is 10.1. The summed E-state index contributed by atoms with van der Waals surface area (Å²) in [4.78, 5) is 22.3. The molecule has 0 saturated heterocycles. The number of carboxylic acids is 1. The second-order valence-corrected chi connectivity index (χ2v) is 3.95. The number of carboxylic acid groups (broad SMARTS) is 1. The SMILES string of the molecule is C[C@@H](O)[C@H](N)C(=O)N[C@@H](CCCCN)C(=O)O.